The molecule has 1 aromatic rings. The molecule has 0 saturated carbocycles. The second kappa shape index (κ2) is 8.50. The first-order chi connectivity index (χ1) is 8.25. The van der Waals surface area contributed by atoms with E-state index in [1.807, 2.05) is 12.1 Å². The van der Waals surface area contributed by atoms with Crippen molar-refractivity contribution in [3.8, 4) is 0 Å². The van der Waals surface area contributed by atoms with Crippen molar-refractivity contribution in [1.29, 1.82) is 0 Å². The van der Waals surface area contributed by atoms with Crippen molar-refractivity contribution < 1.29 is 9.47 Å². The fraction of sp³-hybridized carbons (Fsp3) is 0.538. The van der Waals surface area contributed by atoms with Gasteiger partial charge in [0, 0.05) is 37.0 Å². The van der Waals surface area contributed by atoms with Crippen molar-refractivity contribution in [2.75, 3.05) is 38.8 Å². The number of rotatable bonds is 8. The highest BCUT2D eigenvalue weighted by atomic mass is 79.9. The highest BCUT2D eigenvalue weighted by molar-refractivity contribution is 9.10. The molecule has 0 aliphatic rings. The smallest absolute Gasteiger partial charge is 0.0639 e. The van der Waals surface area contributed by atoms with Crippen LogP contribution in [0.2, 0.25) is 0 Å². The monoisotopic (exact) mass is 301 g/mol. The topological polar surface area (TPSA) is 30.5 Å². The van der Waals surface area contributed by atoms with Crippen LogP contribution in [0.4, 0.5) is 5.69 Å². The van der Waals surface area contributed by atoms with Gasteiger partial charge in [-0.15, -0.1) is 0 Å². The third kappa shape index (κ3) is 5.52. The minimum Gasteiger partial charge on any atom is -0.385 e. The van der Waals surface area contributed by atoms with Crippen LogP contribution in [0, 0.1) is 6.92 Å². The van der Waals surface area contributed by atoms with Crippen molar-refractivity contribution in [1.82, 2.24) is 0 Å². The maximum atomic E-state index is 5.47. The lowest BCUT2D eigenvalue weighted by atomic mass is 10.2. The van der Waals surface area contributed by atoms with Crippen molar-refractivity contribution in [2.45, 2.75) is 13.3 Å². The highest BCUT2D eigenvalue weighted by Crippen LogP contribution is 2.22. The van der Waals surface area contributed by atoms with Gasteiger partial charge in [0.2, 0.25) is 0 Å². The number of nitrogens with one attached hydrogen (secondary N) is 1. The van der Waals surface area contributed by atoms with E-state index < -0.39 is 0 Å². The minimum absolute atomic E-state index is 0.718. The van der Waals surface area contributed by atoms with E-state index in [0.29, 0.717) is 0 Å². The lowest BCUT2D eigenvalue weighted by Gasteiger charge is -2.10. The van der Waals surface area contributed by atoms with Gasteiger partial charge >= 0.3 is 0 Å². The molecule has 0 aliphatic carbocycles. The quantitative estimate of drug-likeness (QED) is 0.748. The average molecular weight is 302 g/mol. The molecular weight excluding hydrogens is 282 g/mol. The number of ether oxygens (including phenoxy) is 2. The third-order valence-electron chi connectivity index (χ3n) is 2.47. The molecule has 0 spiro atoms. The lowest BCUT2D eigenvalue weighted by molar-refractivity contribution is 0.109. The number of methoxy groups -OCH3 is 1. The van der Waals surface area contributed by atoms with E-state index in [2.05, 4.69) is 34.2 Å². The molecule has 0 heterocycles. The highest BCUT2D eigenvalue weighted by Gasteiger charge is 2.00. The molecule has 0 unspecified atom stereocenters. The Balaban J connectivity index is 2.16. The Morgan fingerprint density at radius 2 is 2.06 bits per heavy atom. The summed E-state index contributed by atoms with van der Waals surface area (Å²) in [6.45, 7) is 5.15. The molecule has 17 heavy (non-hydrogen) atoms. The van der Waals surface area contributed by atoms with E-state index in [4.69, 9.17) is 9.47 Å². The first kappa shape index (κ1) is 14.5. The Labute approximate surface area is 112 Å². The predicted octanol–water partition coefficient (Wildman–Crippen LogP) is 3.22. The molecule has 4 heteroatoms. The largest absolute Gasteiger partial charge is 0.385 e. The van der Waals surface area contributed by atoms with Crippen LogP contribution in [0.3, 0.4) is 0 Å². The maximum Gasteiger partial charge on any atom is 0.0639 e. The SMILES string of the molecule is COCCCOCCNc1cccc(Br)c1C. The Hall–Kier alpha value is -0.580. The summed E-state index contributed by atoms with van der Waals surface area (Å²) in [5.41, 5.74) is 2.38. The van der Waals surface area contributed by atoms with Crippen molar-refractivity contribution in [3.63, 3.8) is 0 Å². The summed E-state index contributed by atoms with van der Waals surface area (Å²) in [7, 11) is 1.71. The van der Waals surface area contributed by atoms with Crippen LogP contribution in [0.1, 0.15) is 12.0 Å². The Morgan fingerprint density at radius 1 is 1.24 bits per heavy atom. The summed E-state index contributed by atoms with van der Waals surface area (Å²) in [5.74, 6) is 0. The van der Waals surface area contributed by atoms with Crippen LogP contribution in [-0.4, -0.2) is 33.5 Å². The summed E-state index contributed by atoms with van der Waals surface area (Å²) in [6.07, 6.45) is 0.951. The molecular formula is C13H20BrNO2. The zero-order valence-corrected chi connectivity index (χ0v) is 12.0. The summed E-state index contributed by atoms with van der Waals surface area (Å²) >= 11 is 3.51. The molecule has 0 radical (unpaired) electrons. The van der Waals surface area contributed by atoms with Gasteiger partial charge in [-0.05, 0) is 31.0 Å². The lowest BCUT2D eigenvalue weighted by Crippen LogP contribution is -2.11. The summed E-state index contributed by atoms with van der Waals surface area (Å²) in [4.78, 5) is 0. The van der Waals surface area contributed by atoms with Gasteiger partial charge < -0.3 is 14.8 Å². The third-order valence-corrected chi connectivity index (χ3v) is 3.33. The fourth-order valence-electron chi connectivity index (χ4n) is 1.46. The van der Waals surface area contributed by atoms with Crippen LogP contribution in [0.15, 0.2) is 22.7 Å². The summed E-state index contributed by atoms with van der Waals surface area (Å²) < 4.78 is 11.5. The number of benzene rings is 1. The van der Waals surface area contributed by atoms with E-state index in [0.717, 1.165) is 42.9 Å². The molecule has 96 valence electrons. The summed E-state index contributed by atoms with van der Waals surface area (Å²) in [6, 6.07) is 6.14. The molecule has 0 amide bonds. The van der Waals surface area contributed by atoms with Gasteiger partial charge in [-0.25, -0.2) is 0 Å². The van der Waals surface area contributed by atoms with Gasteiger partial charge in [0.25, 0.3) is 0 Å². The van der Waals surface area contributed by atoms with Gasteiger partial charge in [0.05, 0.1) is 6.61 Å². The maximum absolute atomic E-state index is 5.47. The van der Waals surface area contributed by atoms with E-state index in [1.54, 1.807) is 7.11 Å². The molecule has 1 rings (SSSR count). The second-order valence-corrected chi connectivity index (χ2v) is 4.65. The number of anilines is 1. The summed E-state index contributed by atoms with van der Waals surface area (Å²) in [5, 5.41) is 3.36. The molecule has 0 fully saturated rings. The molecule has 0 atom stereocenters. The van der Waals surface area contributed by atoms with Crippen LogP contribution in [0.5, 0.6) is 0 Å². The molecule has 1 aromatic carbocycles. The zero-order chi connectivity index (χ0) is 12.5. The molecule has 0 bridgehead atoms. The second-order valence-electron chi connectivity index (χ2n) is 3.80. The van der Waals surface area contributed by atoms with Gasteiger partial charge in [0.1, 0.15) is 0 Å². The average Bonchev–Trinajstić information content (AvgIpc) is 2.33. The van der Waals surface area contributed by atoms with Crippen molar-refractivity contribution >= 4 is 21.6 Å². The first-order valence-corrected chi connectivity index (χ1v) is 6.60. The van der Waals surface area contributed by atoms with Crippen LogP contribution < -0.4 is 5.32 Å². The van der Waals surface area contributed by atoms with Crippen LogP contribution >= 0.6 is 15.9 Å². The molecule has 3 nitrogen and oxygen atoms in total. The molecule has 0 saturated heterocycles. The van der Waals surface area contributed by atoms with Crippen LogP contribution in [-0.2, 0) is 9.47 Å². The Morgan fingerprint density at radius 3 is 2.82 bits per heavy atom. The van der Waals surface area contributed by atoms with Gasteiger partial charge in [-0.1, -0.05) is 22.0 Å². The normalized spacial score (nSPS) is 10.5. The minimum atomic E-state index is 0.718. The number of halogens is 1. The van der Waals surface area contributed by atoms with Gasteiger partial charge in [-0.3, -0.25) is 0 Å². The first-order valence-electron chi connectivity index (χ1n) is 5.81. The number of hydrogen-bond acceptors (Lipinski definition) is 3. The predicted molar refractivity (Wildman–Crippen MR) is 74.7 cm³/mol. The molecule has 0 aliphatic heterocycles. The fourth-order valence-corrected chi connectivity index (χ4v) is 1.83. The van der Waals surface area contributed by atoms with E-state index >= 15 is 0 Å². The van der Waals surface area contributed by atoms with Gasteiger partial charge in [-0.2, -0.15) is 0 Å². The van der Waals surface area contributed by atoms with E-state index in [9.17, 15) is 0 Å². The Kier molecular flexibility index (Phi) is 7.24. The van der Waals surface area contributed by atoms with E-state index in [1.165, 1.54) is 5.56 Å². The van der Waals surface area contributed by atoms with Crippen LogP contribution in [0.25, 0.3) is 0 Å². The van der Waals surface area contributed by atoms with Crippen molar-refractivity contribution in [2.24, 2.45) is 0 Å². The molecule has 0 aromatic heterocycles. The van der Waals surface area contributed by atoms with Crippen molar-refractivity contribution in [3.05, 3.63) is 28.2 Å². The van der Waals surface area contributed by atoms with Gasteiger partial charge in [0.15, 0.2) is 0 Å². The number of hydrogen-bond donors (Lipinski definition) is 1. The standard InChI is InChI=1S/C13H20BrNO2/c1-11-12(14)5-3-6-13(11)15-7-10-17-9-4-8-16-2/h3,5-6,15H,4,7-10H2,1-2H3. The Bertz CT molecular complexity index is 331. The zero-order valence-electron chi connectivity index (χ0n) is 10.5. The molecule has 1 N–H and O–H groups in total. The van der Waals surface area contributed by atoms with E-state index in [-0.39, 0.29) is 0 Å².